The molecule has 0 aliphatic heterocycles. The minimum absolute atomic E-state index is 0.618. The highest BCUT2D eigenvalue weighted by atomic mass is 79.9. The zero-order valence-corrected chi connectivity index (χ0v) is 10.0. The summed E-state index contributed by atoms with van der Waals surface area (Å²) in [6.45, 7) is 0.702. The summed E-state index contributed by atoms with van der Waals surface area (Å²) in [6, 6.07) is 1.81. The smallest absolute Gasteiger partial charge is 0.149 e. The Morgan fingerprint density at radius 1 is 1.44 bits per heavy atom. The average molecular weight is 283 g/mol. The van der Waals surface area contributed by atoms with E-state index < -0.39 is 0 Å². The van der Waals surface area contributed by atoms with Crippen molar-refractivity contribution >= 4 is 27.4 Å². The molecule has 7 heteroatoms. The van der Waals surface area contributed by atoms with Gasteiger partial charge in [0.15, 0.2) is 0 Å². The van der Waals surface area contributed by atoms with Gasteiger partial charge in [0.25, 0.3) is 0 Å². The number of aromatic amines is 1. The third-order valence-corrected chi connectivity index (χ3v) is 2.44. The van der Waals surface area contributed by atoms with Gasteiger partial charge in [0.05, 0.1) is 5.69 Å². The number of H-pyrrole nitrogens is 1. The van der Waals surface area contributed by atoms with Gasteiger partial charge in [-0.1, -0.05) is 0 Å². The van der Waals surface area contributed by atoms with Gasteiger partial charge in [-0.05, 0) is 22.0 Å². The molecule has 0 radical (unpaired) electrons. The normalized spacial score (nSPS) is 10.3. The van der Waals surface area contributed by atoms with Crippen molar-refractivity contribution in [3.63, 3.8) is 0 Å². The molecule has 4 N–H and O–H groups in total. The van der Waals surface area contributed by atoms with Crippen molar-refractivity contribution in [1.29, 1.82) is 0 Å². The van der Waals surface area contributed by atoms with Gasteiger partial charge in [-0.25, -0.2) is 9.97 Å². The van der Waals surface area contributed by atoms with E-state index in [1.807, 2.05) is 6.07 Å². The number of nitrogens with two attached hydrogens (primary N) is 1. The molecule has 16 heavy (non-hydrogen) atoms. The summed E-state index contributed by atoms with van der Waals surface area (Å²) in [6.07, 6.45) is 3.94. The molecular weight excluding hydrogens is 272 g/mol. The Morgan fingerprint density at radius 3 is 3.00 bits per heavy atom. The van der Waals surface area contributed by atoms with Crippen LogP contribution in [0.15, 0.2) is 23.1 Å². The number of pyridine rings is 1. The molecule has 0 saturated heterocycles. The van der Waals surface area contributed by atoms with Gasteiger partial charge < -0.3 is 11.1 Å². The van der Waals surface area contributed by atoms with Gasteiger partial charge in [0.1, 0.15) is 18.0 Å². The summed E-state index contributed by atoms with van der Waals surface area (Å²) in [4.78, 5) is 8.19. The second-order valence-corrected chi connectivity index (χ2v) is 4.12. The highest BCUT2D eigenvalue weighted by Gasteiger charge is 2.01. The topological polar surface area (TPSA) is 92.5 Å². The van der Waals surface area contributed by atoms with Gasteiger partial charge >= 0.3 is 0 Å². The van der Waals surface area contributed by atoms with Gasteiger partial charge in [-0.3, -0.25) is 5.10 Å². The lowest BCUT2D eigenvalue weighted by atomic mass is 10.3. The number of nitrogen functional groups attached to an aromatic ring is 1. The number of anilines is 2. The molecule has 0 aromatic carbocycles. The summed E-state index contributed by atoms with van der Waals surface area (Å²) in [5, 5.41) is 9.69. The van der Waals surface area contributed by atoms with Crippen molar-refractivity contribution in [1.82, 2.24) is 20.2 Å². The molecular formula is C9H11BrN6. The van der Waals surface area contributed by atoms with Crippen molar-refractivity contribution < 1.29 is 0 Å². The minimum Gasteiger partial charge on any atom is -0.396 e. The molecule has 0 fully saturated rings. The molecule has 0 saturated carbocycles. The van der Waals surface area contributed by atoms with Crippen molar-refractivity contribution in [2.24, 2.45) is 0 Å². The van der Waals surface area contributed by atoms with Gasteiger partial charge in [0, 0.05) is 23.6 Å². The fourth-order valence-corrected chi connectivity index (χ4v) is 1.60. The highest BCUT2D eigenvalue weighted by molar-refractivity contribution is 9.10. The fourth-order valence-electron chi connectivity index (χ4n) is 1.25. The number of aromatic nitrogens is 4. The van der Waals surface area contributed by atoms with Crippen molar-refractivity contribution in [3.05, 3.63) is 28.9 Å². The van der Waals surface area contributed by atoms with E-state index in [4.69, 9.17) is 5.73 Å². The van der Waals surface area contributed by atoms with Crippen LogP contribution in [0.1, 0.15) is 5.82 Å². The molecule has 0 aliphatic carbocycles. The Bertz CT molecular complexity index is 455. The lowest BCUT2D eigenvalue weighted by molar-refractivity contribution is 0.897. The largest absolute Gasteiger partial charge is 0.396 e. The fraction of sp³-hybridized carbons (Fsp3) is 0.222. The third-order valence-electron chi connectivity index (χ3n) is 2.00. The molecule has 0 bridgehead atoms. The summed E-state index contributed by atoms with van der Waals surface area (Å²) >= 11 is 3.30. The first-order valence-electron chi connectivity index (χ1n) is 4.75. The summed E-state index contributed by atoms with van der Waals surface area (Å²) in [7, 11) is 0. The van der Waals surface area contributed by atoms with Crippen LogP contribution in [-0.2, 0) is 6.42 Å². The Balaban J connectivity index is 1.90. The standard InChI is InChI=1S/C9H11BrN6/c10-6-3-7(11)9(13-4-6)12-2-1-8-14-5-15-16-8/h3-5H,1-2,11H2,(H,12,13)(H,14,15,16). The Labute approximate surface area is 101 Å². The van der Waals surface area contributed by atoms with Crippen LogP contribution in [0.3, 0.4) is 0 Å². The lowest BCUT2D eigenvalue weighted by Gasteiger charge is -2.07. The van der Waals surface area contributed by atoms with Crippen molar-refractivity contribution in [3.8, 4) is 0 Å². The van der Waals surface area contributed by atoms with E-state index >= 15 is 0 Å². The first-order valence-corrected chi connectivity index (χ1v) is 5.54. The van der Waals surface area contributed by atoms with Crippen LogP contribution in [0.2, 0.25) is 0 Å². The van der Waals surface area contributed by atoms with Crippen LogP contribution in [0.25, 0.3) is 0 Å². The molecule has 0 unspecified atom stereocenters. The number of nitrogens with one attached hydrogen (secondary N) is 2. The van der Waals surface area contributed by atoms with Crippen LogP contribution in [0, 0.1) is 0 Å². The predicted molar refractivity (Wildman–Crippen MR) is 64.9 cm³/mol. The lowest BCUT2D eigenvalue weighted by Crippen LogP contribution is -2.09. The van der Waals surface area contributed by atoms with Crippen LogP contribution >= 0.6 is 15.9 Å². The number of hydrogen-bond acceptors (Lipinski definition) is 5. The predicted octanol–water partition coefficient (Wildman–Crippen LogP) is 1.20. The molecule has 0 atom stereocenters. The van der Waals surface area contributed by atoms with Gasteiger partial charge in [0.2, 0.25) is 0 Å². The van der Waals surface area contributed by atoms with Crippen LogP contribution in [0.5, 0.6) is 0 Å². The number of nitrogens with zero attached hydrogens (tertiary/aromatic N) is 3. The van der Waals surface area contributed by atoms with E-state index in [1.54, 1.807) is 6.20 Å². The Kier molecular flexibility index (Phi) is 3.35. The molecule has 0 amide bonds. The van der Waals surface area contributed by atoms with E-state index in [2.05, 4.69) is 41.4 Å². The second-order valence-electron chi connectivity index (χ2n) is 3.20. The molecule has 2 rings (SSSR count). The zero-order valence-electron chi connectivity index (χ0n) is 8.44. The van der Waals surface area contributed by atoms with Crippen molar-refractivity contribution in [2.75, 3.05) is 17.6 Å². The molecule has 2 aromatic heterocycles. The Morgan fingerprint density at radius 2 is 2.31 bits per heavy atom. The van der Waals surface area contributed by atoms with Crippen LogP contribution in [-0.4, -0.2) is 26.7 Å². The van der Waals surface area contributed by atoms with Crippen LogP contribution < -0.4 is 11.1 Å². The third kappa shape index (κ3) is 2.69. The van der Waals surface area contributed by atoms with E-state index in [0.29, 0.717) is 18.1 Å². The average Bonchev–Trinajstić information content (AvgIpc) is 2.74. The molecule has 2 aromatic rings. The maximum absolute atomic E-state index is 5.79. The summed E-state index contributed by atoms with van der Waals surface area (Å²) < 4.78 is 0.866. The van der Waals surface area contributed by atoms with E-state index in [0.717, 1.165) is 16.7 Å². The first kappa shape index (κ1) is 10.9. The summed E-state index contributed by atoms with van der Waals surface area (Å²) in [5.74, 6) is 1.52. The number of halogens is 1. The molecule has 84 valence electrons. The van der Waals surface area contributed by atoms with Crippen LogP contribution in [0.4, 0.5) is 11.5 Å². The summed E-state index contributed by atoms with van der Waals surface area (Å²) in [5.41, 5.74) is 6.41. The maximum Gasteiger partial charge on any atom is 0.149 e. The zero-order chi connectivity index (χ0) is 11.4. The molecule has 0 aliphatic rings. The van der Waals surface area contributed by atoms with E-state index in [-0.39, 0.29) is 0 Å². The number of rotatable bonds is 4. The Hall–Kier alpha value is -1.63. The minimum atomic E-state index is 0.618. The number of hydrogen-bond donors (Lipinski definition) is 3. The van der Waals surface area contributed by atoms with E-state index in [1.165, 1.54) is 6.33 Å². The highest BCUT2D eigenvalue weighted by Crippen LogP contribution is 2.19. The monoisotopic (exact) mass is 282 g/mol. The second kappa shape index (κ2) is 4.93. The SMILES string of the molecule is Nc1cc(Br)cnc1NCCc1ncn[nH]1. The first-order chi connectivity index (χ1) is 7.75. The maximum atomic E-state index is 5.79. The van der Waals surface area contributed by atoms with Gasteiger partial charge in [-0.15, -0.1) is 0 Å². The molecule has 6 nitrogen and oxygen atoms in total. The molecule has 2 heterocycles. The molecule has 0 spiro atoms. The quantitative estimate of drug-likeness (QED) is 0.784. The van der Waals surface area contributed by atoms with Gasteiger partial charge in [-0.2, -0.15) is 5.10 Å². The van der Waals surface area contributed by atoms with Crippen molar-refractivity contribution in [2.45, 2.75) is 6.42 Å². The van der Waals surface area contributed by atoms with E-state index in [9.17, 15) is 0 Å².